The van der Waals surface area contributed by atoms with Crippen LogP contribution in [0.1, 0.15) is 53.1 Å². The van der Waals surface area contributed by atoms with E-state index < -0.39 is 23.1 Å². The molecule has 2 heterocycles. The van der Waals surface area contributed by atoms with Crippen molar-refractivity contribution in [2.24, 2.45) is 7.05 Å². The van der Waals surface area contributed by atoms with Crippen molar-refractivity contribution in [2.75, 3.05) is 7.11 Å². The predicted molar refractivity (Wildman–Crippen MR) is 114 cm³/mol. The molecular weight excluding hydrogens is 398 g/mol. The SMILES string of the molecule is [C-]#[N+]c1ccccc1C(c1cnn(C)c1)C(C)c1nc(C(=O)O)c(OC)c(=O)n1CC. The molecule has 0 aliphatic heterocycles. The van der Waals surface area contributed by atoms with Crippen LogP contribution in [0, 0.1) is 6.57 Å². The zero-order chi connectivity index (χ0) is 22.7. The van der Waals surface area contributed by atoms with Crippen LogP contribution in [0.4, 0.5) is 5.69 Å². The van der Waals surface area contributed by atoms with E-state index in [4.69, 9.17) is 11.3 Å². The van der Waals surface area contributed by atoms with Gasteiger partial charge in [0.1, 0.15) is 5.82 Å². The first-order valence-electron chi connectivity index (χ1n) is 9.70. The molecule has 0 aliphatic carbocycles. The van der Waals surface area contributed by atoms with Crippen molar-refractivity contribution in [3.8, 4) is 5.75 Å². The average molecular weight is 421 g/mol. The number of carboxylic acid groups (broad SMARTS) is 1. The Morgan fingerprint density at radius 3 is 2.61 bits per heavy atom. The van der Waals surface area contributed by atoms with Crippen molar-refractivity contribution in [2.45, 2.75) is 32.2 Å². The molecule has 160 valence electrons. The Hall–Kier alpha value is -3.93. The molecule has 1 aromatic carbocycles. The van der Waals surface area contributed by atoms with Crippen LogP contribution in [-0.2, 0) is 13.6 Å². The molecule has 1 N–H and O–H groups in total. The third-order valence-corrected chi connectivity index (χ3v) is 5.26. The summed E-state index contributed by atoms with van der Waals surface area (Å²) in [6.07, 6.45) is 3.55. The molecule has 3 aromatic rings. The first-order valence-corrected chi connectivity index (χ1v) is 9.70. The number of aryl methyl sites for hydroxylation is 1. The smallest absolute Gasteiger partial charge is 0.358 e. The maximum atomic E-state index is 13.0. The number of nitrogens with zero attached hydrogens (tertiary/aromatic N) is 5. The number of para-hydroxylation sites is 1. The van der Waals surface area contributed by atoms with E-state index in [1.54, 1.807) is 37.0 Å². The topological polar surface area (TPSA) is 104 Å². The third-order valence-electron chi connectivity index (χ3n) is 5.26. The summed E-state index contributed by atoms with van der Waals surface area (Å²) in [5, 5.41) is 13.9. The van der Waals surface area contributed by atoms with Crippen molar-refractivity contribution in [1.82, 2.24) is 19.3 Å². The summed E-state index contributed by atoms with van der Waals surface area (Å²) in [6, 6.07) is 7.22. The van der Waals surface area contributed by atoms with Crippen molar-refractivity contribution in [1.29, 1.82) is 0 Å². The van der Waals surface area contributed by atoms with Crippen molar-refractivity contribution in [3.63, 3.8) is 0 Å². The standard InChI is InChI=1S/C22H23N5O4/c1-6-27-20(25-18(22(29)30)19(31-5)21(27)28)13(2)17(14-11-24-26(4)12-14)15-9-7-8-10-16(15)23-3/h7-13,17H,6H2,1-2,4-5H3,(H,29,30). The minimum absolute atomic E-state index is 0.284. The monoisotopic (exact) mass is 421 g/mol. The normalized spacial score (nSPS) is 12.7. The molecule has 31 heavy (non-hydrogen) atoms. The van der Waals surface area contributed by atoms with Gasteiger partial charge in [0.05, 0.1) is 19.9 Å². The third kappa shape index (κ3) is 3.92. The first-order chi connectivity index (χ1) is 14.8. The number of carboxylic acids is 1. The van der Waals surface area contributed by atoms with Gasteiger partial charge in [0, 0.05) is 31.6 Å². The van der Waals surface area contributed by atoms with Crippen molar-refractivity contribution >= 4 is 11.7 Å². The summed E-state index contributed by atoms with van der Waals surface area (Å²) in [5.74, 6) is -2.16. The molecule has 0 saturated carbocycles. The van der Waals surface area contributed by atoms with Crippen LogP contribution in [0.5, 0.6) is 5.75 Å². The van der Waals surface area contributed by atoms with Crippen LogP contribution in [-0.4, -0.2) is 37.5 Å². The first kappa shape index (κ1) is 21.8. The summed E-state index contributed by atoms with van der Waals surface area (Å²) >= 11 is 0. The molecule has 2 aromatic heterocycles. The van der Waals surface area contributed by atoms with Gasteiger partial charge >= 0.3 is 5.97 Å². The van der Waals surface area contributed by atoms with E-state index in [2.05, 4.69) is 14.9 Å². The second-order valence-electron chi connectivity index (χ2n) is 7.09. The fourth-order valence-electron chi connectivity index (χ4n) is 3.88. The molecule has 0 fully saturated rings. The molecular formula is C22H23N5O4. The van der Waals surface area contributed by atoms with Crippen LogP contribution >= 0.6 is 0 Å². The van der Waals surface area contributed by atoms with Gasteiger partial charge in [0.25, 0.3) is 5.56 Å². The van der Waals surface area contributed by atoms with Crippen LogP contribution in [0.2, 0.25) is 0 Å². The maximum Gasteiger partial charge on any atom is 0.358 e. The zero-order valence-electron chi connectivity index (χ0n) is 17.7. The van der Waals surface area contributed by atoms with Crippen molar-refractivity contribution in [3.05, 3.63) is 81.1 Å². The van der Waals surface area contributed by atoms with Crippen LogP contribution in [0.15, 0.2) is 41.5 Å². The molecule has 9 nitrogen and oxygen atoms in total. The fourth-order valence-corrected chi connectivity index (χ4v) is 3.88. The van der Waals surface area contributed by atoms with Crippen molar-refractivity contribution < 1.29 is 14.6 Å². The highest BCUT2D eigenvalue weighted by Crippen LogP contribution is 2.41. The molecule has 2 atom stereocenters. The molecule has 0 radical (unpaired) electrons. The summed E-state index contributed by atoms with van der Waals surface area (Å²) in [7, 11) is 3.04. The number of aromatic carboxylic acids is 1. The molecule has 0 amide bonds. The second kappa shape index (κ2) is 8.83. The highest BCUT2D eigenvalue weighted by Gasteiger charge is 2.31. The lowest BCUT2D eigenvalue weighted by molar-refractivity contribution is 0.0684. The van der Waals surface area contributed by atoms with E-state index in [9.17, 15) is 14.7 Å². The number of ether oxygens (including phenoxy) is 1. The zero-order valence-corrected chi connectivity index (χ0v) is 17.7. The van der Waals surface area contributed by atoms with Gasteiger partial charge in [0.15, 0.2) is 11.4 Å². The van der Waals surface area contributed by atoms with E-state index in [0.29, 0.717) is 11.5 Å². The average Bonchev–Trinajstić information content (AvgIpc) is 3.18. The summed E-state index contributed by atoms with van der Waals surface area (Å²) < 4.78 is 8.13. The Balaban J connectivity index is 2.30. The lowest BCUT2D eigenvalue weighted by atomic mass is 9.81. The Morgan fingerprint density at radius 1 is 1.35 bits per heavy atom. The Bertz CT molecular complexity index is 1220. The minimum Gasteiger partial charge on any atom is -0.489 e. The van der Waals surface area contributed by atoms with E-state index in [-0.39, 0.29) is 18.2 Å². The fraction of sp³-hybridized carbons (Fsp3) is 0.318. The predicted octanol–water partition coefficient (Wildman–Crippen LogP) is 3.19. The largest absolute Gasteiger partial charge is 0.489 e. The van der Waals surface area contributed by atoms with Gasteiger partial charge in [-0.1, -0.05) is 31.2 Å². The molecule has 2 unspecified atom stereocenters. The van der Waals surface area contributed by atoms with Gasteiger partial charge in [-0.2, -0.15) is 5.10 Å². The van der Waals surface area contributed by atoms with Crippen LogP contribution in [0.3, 0.4) is 0 Å². The lowest BCUT2D eigenvalue weighted by Gasteiger charge is -2.27. The Kier molecular flexibility index (Phi) is 6.20. The van der Waals surface area contributed by atoms with E-state index in [1.165, 1.54) is 11.7 Å². The molecule has 0 saturated heterocycles. The number of carbonyl (C=O) groups is 1. The van der Waals surface area contributed by atoms with Gasteiger partial charge in [-0.3, -0.25) is 14.0 Å². The van der Waals surface area contributed by atoms with Gasteiger partial charge in [0.2, 0.25) is 5.75 Å². The quantitative estimate of drug-likeness (QED) is 0.588. The van der Waals surface area contributed by atoms with E-state index >= 15 is 0 Å². The van der Waals surface area contributed by atoms with Gasteiger partial charge < -0.3 is 9.84 Å². The second-order valence-corrected chi connectivity index (χ2v) is 7.09. The molecule has 0 aliphatic rings. The van der Waals surface area contributed by atoms with Gasteiger partial charge in [-0.15, -0.1) is 0 Å². The van der Waals surface area contributed by atoms with Crippen LogP contribution in [0.25, 0.3) is 4.85 Å². The number of hydrogen-bond donors (Lipinski definition) is 1. The summed E-state index contributed by atoms with van der Waals surface area (Å²) in [6.45, 7) is 11.5. The highest BCUT2D eigenvalue weighted by molar-refractivity contribution is 5.88. The number of rotatable bonds is 7. The number of hydrogen-bond acceptors (Lipinski definition) is 5. The molecule has 9 heteroatoms. The maximum absolute atomic E-state index is 13.0. The molecule has 0 bridgehead atoms. The number of methoxy groups -OCH3 is 1. The van der Waals surface area contributed by atoms with Gasteiger partial charge in [-0.05, 0) is 18.1 Å². The van der Waals surface area contributed by atoms with E-state index in [0.717, 1.165) is 11.1 Å². The van der Waals surface area contributed by atoms with Gasteiger partial charge in [-0.25, -0.2) is 14.6 Å². The van der Waals surface area contributed by atoms with E-state index in [1.807, 2.05) is 25.3 Å². The number of aromatic nitrogens is 4. The minimum atomic E-state index is -1.34. The summed E-state index contributed by atoms with van der Waals surface area (Å²) in [4.78, 5) is 32.7. The highest BCUT2D eigenvalue weighted by atomic mass is 16.5. The Morgan fingerprint density at radius 2 is 2.06 bits per heavy atom. The summed E-state index contributed by atoms with van der Waals surface area (Å²) in [5.41, 5.74) is 1.07. The Labute approximate surface area is 179 Å². The lowest BCUT2D eigenvalue weighted by Crippen LogP contribution is -2.31. The van der Waals surface area contributed by atoms with Crippen LogP contribution < -0.4 is 10.3 Å². The molecule has 3 rings (SSSR count). The molecule has 0 spiro atoms. The number of benzene rings is 1.